The first-order valence-electron chi connectivity index (χ1n) is 7.17. The Morgan fingerprint density at radius 3 is 2.63 bits per heavy atom. The van der Waals surface area contributed by atoms with Gasteiger partial charge in [0.05, 0.1) is 13.7 Å². The molecule has 0 aliphatic carbocycles. The smallest absolute Gasteiger partial charge is 0.161 e. The van der Waals surface area contributed by atoms with Crippen LogP contribution in [0.25, 0.3) is 0 Å². The number of hydrogen-bond acceptors (Lipinski definition) is 3. The fourth-order valence-electron chi connectivity index (χ4n) is 1.97. The van der Waals surface area contributed by atoms with Gasteiger partial charge in [-0.05, 0) is 49.9 Å². The summed E-state index contributed by atoms with van der Waals surface area (Å²) >= 11 is 0. The van der Waals surface area contributed by atoms with Crippen LogP contribution in [0, 0.1) is 5.92 Å². The third kappa shape index (κ3) is 5.97. The van der Waals surface area contributed by atoms with E-state index in [-0.39, 0.29) is 0 Å². The van der Waals surface area contributed by atoms with Crippen molar-refractivity contribution in [1.82, 2.24) is 5.32 Å². The Morgan fingerprint density at radius 2 is 2.00 bits per heavy atom. The lowest BCUT2D eigenvalue weighted by Gasteiger charge is -2.12. The predicted molar refractivity (Wildman–Crippen MR) is 79.9 cm³/mol. The minimum atomic E-state index is 0.654. The van der Waals surface area contributed by atoms with Crippen molar-refractivity contribution in [3.63, 3.8) is 0 Å². The number of rotatable bonds is 9. The molecule has 1 aromatic carbocycles. The van der Waals surface area contributed by atoms with Gasteiger partial charge in [0.1, 0.15) is 0 Å². The summed E-state index contributed by atoms with van der Waals surface area (Å²) in [7, 11) is 1.67. The van der Waals surface area contributed by atoms with Crippen molar-refractivity contribution >= 4 is 0 Å². The van der Waals surface area contributed by atoms with Gasteiger partial charge in [0, 0.05) is 6.54 Å². The summed E-state index contributed by atoms with van der Waals surface area (Å²) in [6.07, 6.45) is 2.51. The van der Waals surface area contributed by atoms with Gasteiger partial charge in [-0.2, -0.15) is 0 Å². The molecular weight excluding hydrogens is 238 g/mol. The normalized spacial score (nSPS) is 10.8. The number of benzene rings is 1. The van der Waals surface area contributed by atoms with Crippen LogP contribution in [0.15, 0.2) is 18.2 Å². The van der Waals surface area contributed by atoms with E-state index in [0.717, 1.165) is 30.5 Å². The van der Waals surface area contributed by atoms with Crippen molar-refractivity contribution in [2.24, 2.45) is 5.92 Å². The van der Waals surface area contributed by atoms with Gasteiger partial charge in [0.2, 0.25) is 0 Å². The molecule has 3 nitrogen and oxygen atoms in total. The topological polar surface area (TPSA) is 30.5 Å². The van der Waals surface area contributed by atoms with Crippen LogP contribution in [-0.2, 0) is 6.54 Å². The summed E-state index contributed by atoms with van der Waals surface area (Å²) in [5, 5.41) is 3.47. The molecule has 108 valence electrons. The minimum absolute atomic E-state index is 0.654. The van der Waals surface area contributed by atoms with Crippen LogP contribution >= 0.6 is 0 Å². The largest absolute Gasteiger partial charge is 0.493 e. The highest BCUT2D eigenvalue weighted by molar-refractivity contribution is 5.42. The molecule has 3 heteroatoms. The van der Waals surface area contributed by atoms with Gasteiger partial charge < -0.3 is 14.8 Å². The summed E-state index contributed by atoms with van der Waals surface area (Å²) < 4.78 is 10.9. The molecule has 0 atom stereocenters. The minimum Gasteiger partial charge on any atom is -0.493 e. The monoisotopic (exact) mass is 265 g/mol. The van der Waals surface area contributed by atoms with Gasteiger partial charge >= 0.3 is 0 Å². The molecule has 19 heavy (non-hydrogen) atoms. The standard InChI is InChI=1S/C16H27NO2/c1-5-19-16-11-14(8-9-15(16)18-4)12-17-10-6-7-13(2)3/h8-9,11,13,17H,5-7,10,12H2,1-4H3. The number of nitrogens with one attached hydrogen (secondary N) is 1. The highest BCUT2D eigenvalue weighted by atomic mass is 16.5. The number of ether oxygens (including phenoxy) is 2. The molecule has 0 unspecified atom stereocenters. The van der Waals surface area contributed by atoms with Gasteiger partial charge in [0.15, 0.2) is 11.5 Å². The Hall–Kier alpha value is -1.22. The molecule has 0 aliphatic rings. The summed E-state index contributed by atoms with van der Waals surface area (Å²) in [6, 6.07) is 6.10. The van der Waals surface area contributed by atoms with Gasteiger partial charge in [0.25, 0.3) is 0 Å². The van der Waals surface area contributed by atoms with Crippen molar-refractivity contribution in [2.45, 2.75) is 40.2 Å². The van der Waals surface area contributed by atoms with Crippen molar-refractivity contribution < 1.29 is 9.47 Å². The molecule has 0 saturated carbocycles. The first-order chi connectivity index (χ1) is 9.17. The third-order valence-electron chi connectivity index (χ3n) is 2.99. The van der Waals surface area contributed by atoms with Crippen LogP contribution in [-0.4, -0.2) is 20.3 Å². The predicted octanol–water partition coefficient (Wildman–Crippen LogP) is 3.62. The van der Waals surface area contributed by atoms with E-state index in [2.05, 4.69) is 31.3 Å². The molecule has 0 aliphatic heterocycles. The Morgan fingerprint density at radius 1 is 1.21 bits per heavy atom. The molecule has 0 aromatic heterocycles. The van der Waals surface area contributed by atoms with Crippen LogP contribution in [0.1, 0.15) is 39.2 Å². The van der Waals surface area contributed by atoms with E-state index in [9.17, 15) is 0 Å². The molecule has 0 fully saturated rings. The zero-order chi connectivity index (χ0) is 14.1. The van der Waals surface area contributed by atoms with Gasteiger partial charge in [-0.15, -0.1) is 0 Å². The fraction of sp³-hybridized carbons (Fsp3) is 0.625. The zero-order valence-corrected chi connectivity index (χ0v) is 12.7. The number of methoxy groups -OCH3 is 1. The highest BCUT2D eigenvalue weighted by Gasteiger charge is 2.05. The lowest BCUT2D eigenvalue weighted by Crippen LogP contribution is -2.15. The Labute approximate surface area is 117 Å². The average Bonchev–Trinajstić information content (AvgIpc) is 2.39. The quantitative estimate of drug-likeness (QED) is 0.692. The number of hydrogen-bond donors (Lipinski definition) is 1. The second-order valence-electron chi connectivity index (χ2n) is 5.13. The maximum atomic E-state index is 5.57. The first kappa shape index (κ1) is 15.8. The summed E-state index contributed by atoms with van der Waals surface area (Å²) in [4.78, 5) is 0. The molecule has 1 aromatic rings. The molecule has 1 rings (SSSR count). The van der Waals surface area contributed by atoms with Crippen molar-refractivity contribution in [1.29, 1.82) is 0 Å². The van der Waals surface area contributed by atoms with E-state index in [0.29, 0.717) is 6.61 Å². The third-order valence-corrected chi connectivity index (χ3v) is 2.99. The molecule has 0 bridgehead atoms. The Kier molecular flexibility index (Phi) is 7.34. The van der Waals surface area contributed by atoms with Gasteiger partial charge in [-0.1, -0.05) is 19.9 Å². The van der Waals surface area contributed by atoms with E-state index in [4.69, 9.17) is 9.47 Å². The van der Waals surface area contributed by atoms with E-state index in [1.807, 2.05) is 13.0 Å². The summed E-state index contributed by atoms with van der Waals surface area (Å²) in [5.74, 6) is 2.41. The highest BCUT2D eigenvalue weighted by Crippen LogP contribution is 2.27. The molecule has 0 heterocycles. The van der Waals surface area contributed by atoms with Crippen molar-refractivity contribution in [3.05, 3.63) is 23.8 Å². The molecule has 0 radical (unpaired) electrons. The lowest BCUT2D eigenvalue weighted by molar-refractivity contribution is 0.310. The molecule has 0 saturated heterocycles. The second-order valence-corrected chi connectivity index (χ2v) is 5.13. The Bertz CT molecular complexity index is 364. The van der Waals surface area contributed by atoms with E-state index in [1.54, 1.807) is 7.11 Å². The summed E-state index contributed by atoms with van der Waals surface area (Å²) in [5.41, 5.74) is 1.23. The maximum Gasteiger partial charge on any atom is 0.161 e. The summed E-state index contributed by atoms with van der Waals surface area (Å²) in [6.45, 7) is 9.10. The van der Waals surface area contributed by atoms with E-state index in [1.165, 1.54) is 18.4 Å². The van der Waals surface area contributed by atoms with Gasteiger partial charge in [-0.3, -0.25) is 0 Å². The molecule has 1 N–H and O–H groups in total. The van der Waals surface area contributed by atoms with Crippen LogP contribution in [0.2, 0.25) is 0 Å². The lowest BCUT2D eigenvalue weighted by atomic mass is 10.1. The SMILES string of the molecule is CCOc1cc(CNCCCC(C)C)ccc1OC. The first-order valence-corrected chi connectivity index (χ1v) is 7.17. The van der Waals surface area contributed by atoms with Crippen LogP contribution in [0.5, 0.6) is 11.5 Å². The molecule has 0 amide bonds. The van der Waals surface area contributed by atoms with Crippen LogP contribution in [0.3, 0.4) is 0 Å². The zero-order valence-electron chi connectivity index (χ0n) is 12.7. The van der Waals surface area contributed by atoms with Gasteiger partial charge in [-0.25, -0.2) is 0 Å². The molecule has 0 spiro atoms. The maximum absolute atomic E-state index is 5.57. The Balaban J connectivity index is 2.43. The average molecular weight is 265 g/mol. The van der Waals surface area contributed by atoms with E-state index < -0.39 is 0 Å². The fourth-order valence-corrected chi connectivity index (χ4v) is 1.97. The van der Waals surface area contributed by atoms with Crippen LogP contribution < -0.4 is 14.8 Å². The van der Waals surface area contributed by atoms with E-state index >= 15 is 0 Å². The van der Waals surface area contributed by atoms with Crippen LogP contribution in [0.4, 0.5) is 0 Å². The van der Waals surface area contributed by atoms with Crippen molar-refractivity contribution in [3.8, 4) is 11.5 Å². The van der Waals surface area contributed by atoms with Crippen molar-refractivity contribution in [2.75, 3.05) is 20.3 Å². The molecular formula is C16H27NO2. The second kappa shape index (κ2) is 8.81.